The maximum atomic E-state index is 13.6. The van der Waals surface area contributed by atoms with Crippen molar-refractivity contribution in [3.05, 3.63) is 285 Å². The summed E-state index contributed by atoms with van der Waals surface area (Å²) in [6.45, 7) is 12.1. The summed E-state index contributed by atoms with van der Waals surface area (Å²) in [4.78, 5) is 61.2. The Morgan fingerprint density at radius 2 is 0.686 bits per heavy atom. The van der Waals surface area contributed by atoms with Gasteiger partial charge in [0.05, 0.1) is 56.3 Å². The number of carbonyl (C=O) groups is 5. The first-order valence-electron chi connectivity index (χ1n) is 31.6. The quantitative estimate of drug-likeness (QED) is 0.0301. The van der Waals surface area contributed by atoms with Crippen molar-refractivity contribution in [2.24, 2.45) is 5.73 Å². The van der Waals surface area contributed by atoms with E-state index in [1.54, 1.807) is 21.1 Å². The number of halogens is 10. The molecular weight excluding hydrogens is 1920 g/mol. The Labute approximate surface area is 672 Å². The Balaban J connectivity index is 0.000000184. The number of primary amides is 1. The molecule has 0 aliphatic rings. The molecule has 1 heterocycles. The molecule has 0 aliphatic heterocycles. The fourth-order valence-electron chi connectivity index (χ4n) is 9.67. The molecule has 0 spiro atoms. The van der Waals surface area contributed by atoms with E-state index < -0.39 is 23.4 Å². The molecule has 19 nitrogen and oxygen atoms in total. The van der Waals surface area contributed by atoms with Gasteiger partial charge in [0.25, 0.3) is 35.5 Å². The van der Waals surface area contributed by atoms with Gasteiger partial charge in [-0.25, -0.2) is 22.0 Å². The zero-order chi connectivity index (χ0) is 76.8. The molecule has 0 bridgehead atoms. The molecule has 105 heavy (non-hydrogen) atoms. The van der Waals surface area contributed by atoms with Gasteiger partial charge in [0.15, 0.2) is 0 Å². The lowest BCUT2D eigenvalue weighted by molar-refractivity contribution is 0.0827. The zero-order valence-electron chi connectivity index (χ0n) is 57.7. The number of rotatable bonds is 17. The number of anilines is 11. The second-order valence-corrected chi connectivity index (χ2v) is 29.3. The fraction of sp³-hybridized carbons (Fsp3) is 0.132. The number of nitrogens with zero attached hydrogens (tertiary/aromatic N) is 4. The first-order valence-corrected chi connectivity index (χ1v) is 37.0. The lowest BCUT2D eigenvalue weighted by Crippen LogP contribution is -2.23. The first-order chi connectivity index (χ1) is 49.9. The number of nitrogens with one attached hydrogen (secondary N) is 9. The molecule has 0 atom stereocenters. The second kappa shape index (κ2) is 39.9. The van der Waals surface area contributed by atoms with E-state index in [4.69, 9.17) is 5.73 Å². The van der Waals surface area contributed by atoms with Crippen LogP contribution in [0.15, 0.2) is 182 Å². The third-order valence-corrected chi connectivity index (χ3v) is 18.3. The smallest absolute Gasteiger partial charge is 0.270 e. The normalized spacial score (nSPS) is 10.3. The van der Waals surface area contributed by atoms with Gasteiger partial charge in [0.2, 0.25) is 0 Å². The Kier molecular flexibility index (Phi) is 31.6. The average molecular weight is 1990 g/mol. The van der Waals surface area contributed by atoms with Crippen LogP contribution in [0.1, 0.15) is 86.5 Å². The lowest BCUT2D eigenvalue weighted by Gasteiger charge is -2.16. The number of H-pyrrole nitrogens is 1. The molecule has 0 saturated heterocycles. The Hall–Kier alpha value is -9.08. The third kappa shape index (κ3) is 25.0. The van der Waals surface area contributed by atoms with Gasteiger partial charge in [-0.05, 0) is 370 Å². The van der Waals surface area contributed by atoms with E-state index in [1.165, 1.54) is 95.9 Å². The molecule has 0 unspecified atom stereocenters. The number of tetrazole rings is 1. The van der Waals surface area contributed by atoms with Crippen LogP contribution in [0.25, 0.3) is 0 Å². The van der Waals surface area contributed by atoms with E-state index in [0.717, 1.165) is 74.1 Å². The number of amides is 5. The van der Waals surface area contributed by atoms with Crippen LogP contribution < -0.4 is 48.3 Å². The average Bonchev–Trinajstić information content (AvgIpc) is 1.18. The molecule has 0 saturated carbocycles. The summed E-state index contributed by atoms with van der Waals surface area (Å²) in [5.74, 6) is -3.67. The molecule has 0 fully saturated rings. The summed E-state index contributed by atoms with van der Waals surface area (Å²) in [6, 6.07) is 49.3. The van der Waals surface area contributed by atoms with Crippen LogP contribution in [0, 0.1) is 81.6 Å². The number of carbonyl (C=O) groups excluding carboxylic acids is 5. The number of hydrogen-bond acceptors (Lipinski definition) is 13. The van der Waals surface area contributed by atoms with Gasteiger partial charge in [0.1, 0.15) is 29.1 Å². The molecule has 0 radical (unpaired) electrons. The summed E-state index contributed by atoms with van der Waals surface area (Å²) in [7, 11) is 4.89. The van der Waals surface area contributed by atoms with Gasteiger partial charge < -0.3 is 47.9 Å². The van der Waals surface area contributed by atoms with E-state index in [0.29, 0.717) is 51.7 Å². The largest absolute Gasteiger partial charge is 0.366 e. The van der Waals surface area contributed by atoms with Crippen molar-refractivity contribution in [3.63, 3.8) is 0 Å². The van der Waals surface area contributed by atoms with Crippen LogP contribution in [-0.4, -0.2) is 82.7 Å². The predicted octanol–water partition coefficient (Wildman–Crippen LogP) is 19.1. The maximum Gasteiger partial charge on any atom is 0.270 e. The number of benzene rings is 10. The van der Waals surface area contributed by atoms with Crippen LogP contribution in [0.4, 0.5) is 84.8 Å². The maximum absolute atomic E-state index is 13.6. The first kappa shape index (κ1) is 83.2. The van der Waals surface area contributed by atoms with Gasteiger partial charge in [0, 0.05) is 74.0 Å². The highest BCUT2D eigenvalue weighted by molar-refractivity contribution is 14.1. The van der Waals surface area contributed by atoms with Crippen LogP contribution in [0.2, 0.25) is 0 Å². The van der Waals surface area contributed by atoms with E-state index in [1.807, 2.05) is 133 Å². The Morgan fingerprint density at radius 3 is 0.962 bits per heavy atom. The molecule has 5 amide bonds. The standard InChI is InChI=1S/2C16H16FIN2O.C15H12FIN6O.C15H14FIN2O.C14H12FIN2O/c1-10-8-12(18)5-7-14(10)19-15-9-11(17)4-6-13(15)16(21)20(2)3;1-3-19-16(21)13-6-4-11(17)9-15(13)20-14-7-5-12(18)8-10(14)2;1-8-6-10(17)3-5-12(8)18-13-7-9(16)2-4-11(13)14(24)19-15-20-22-23-21-15;1-9-7-11(17)4-6-13(9)19-14-8-10(16)3-5-12(14)15(20)18-2;1-8-6-10(16)3-5-12(8)18-13-7-9(15)2-4-11(13)14(17)19/h4-9,19H,1-3H3;4-9,20H,3H2,1-2H3,(H,19,21);2-7,18H,1H3,(H2,19,20,21,22,23,24);3-8,19H,1-2H3,(H,18,20);2-7,18H,1H3,(H2,17,19). The summed E-state index contributed by atoms with van der Waals surface area (Å²) >= 11 is 11.1. The topological polar surface area (TPSA) is 265 Å². The van der Waals surface area contributed by atoms with E-state index in [-0.39, 0.29) is 52.2 Å². The molecule has 11 N–H and O–H groups in total. The molecule has 1 aromatic heterocycles. The van der Waals surface area contributed by atoms with Crippen molar-refractivity contribution >= 4 is 205 Å². The van der Waals surface area contributed by atoms with E-state index in [2.05, 4.69) is 176 Å². The Bertz CT molecular complexity index is 4960. The summed E-state index contributed by atoms with van der Waals surface area (Å²) in [6.07, 6.45) is 0. The number of aromatic amines is 1. The molecule has 29 heteroatoms. The highest BCUT2D eigenvalue weighted by atomic mass is 127. The van der Waals surface area contributed by atoms with Crippen LogP contribution in [-0.2, 0) is 0 Å². The molecule has 11 rings (SSSR count). The van der Waals surface area contributed by atoms with E-state index >= 15 is 0 Å². The molecule has 10 aromatic carbocycles. The van der Waals surface area contributed by atoms with Crippen LogP contribution >= 0.6 is 113 Å². The Morgan fingerprint density at radius 1 is 0.400 bits per heavy atom. The second-order valence-electron chi connectivity index (χ2n) is 23.1. The highest BCUT2D eigenvalue weighted by Gasteiger charge is 2.20. The van der Waals surface area contributed by atoms with Crippen molar-refractivity contribution in [2.75, 3.05) is 59.6 Å². The van der Waals surface area contributed by atoms with Crippen molar-refractivity contribution in [3.8, 4) is 0 Å². The van der Waals surface area contributed by atoms with Crippen molar-refractivity contribution in [1.82, 2.24) is 36.2 Å². The number of aromatic nitrogens is 4. The van der Waals surface area contributed by atoms with Crippen LogP contribution in [0.5, 0.6) is 0 Å². The van der Waals surface area contributed by atoms with Gasteiger partial charge in [-0.1, -0.05) is 5.10 Å². The third-order valence-electron chi connectivity index (χ3n) is 15.0. The molecule has 11 aromatic rings. The minimum absolute atomic E-state index is 0.0423. The number of aryl methyl sites for hydroxylation is 5. The summed E-state index contributed by atoms with van der Waals surface area (Å²) in [5, 5.41) is 36.3. The van der Waals surface area contributed by atoms with Gasteiger partial charge in [-0.3, -0.25) is 29.3 Å². The summed E-state index contributed by atoms with van der Waals surface area (Å²) < 4.78 is 72.9. The predicted molar refractivity (Wildman–Crippen MR) is 448 cm³/mol. The fourth-order valence-corrected chi connectivity index (χ4v) is 12.9. The lowest BCUT2D eigenvalue weighted by atomic mass is 10.1. The van der Waals surface area contributed by atoms with E-state index in [9.17, 15) is 45.9 Å². The number of hydrogen-bond donors (Lipinski definition) is 10. The van der Waals surface area contributed by atoms with Crippen molar-refractivity contribution in [1.29, 1.82) is 0 Å². The van der Waals surface area contributed by atoms with Crippen molar-refractivity contribution < 1.29 is 45.9 Å². The monoisotopic (exact) mass is 1990 g/mol. The molecular formula is C76H70F5I5N14O5. The van der Waals surface area contributed by atoms with Gasteiger partial charge >= 0.3 is 0 Å². The molecule has 0 aliphatic carbocycles. The van der Waals surface area contributed by atoms with Crippen LogP contribution in [0.3, 0.4) is 0 Å². The van der Waals surface area contributed by atoms with Crippen molar-refractivity contribution in [2.45, 2.75) is 41.5 Å². The summed E-state index contributed by atoms with van der Waals surface area (Å²) in [5.41, 5.74) is 18.4. The highest BCUT2D eigenvalue weighted by Crippen LogP contribution is 2.32. The molecule has 544 valence electrons. The zero-order valence-corrected chi connectivity index (χ0v) is 68.5. The van der Waals surface area contributed by atoms with Gasteiger partial charge in [-0.2, -0.15) is 5.21 Å². The minimum Gasteiger partial charge on any atom is -0.366 e. The van der Waals surface area contributed by atoms with Gasteiger partial charge in [-0.15, -0.1) is 5.10 Å². The minimum atomic E-state index is -0.592. The number of nitrogens with two attached hydrogens (primary N) is 1. The SMILES string of the molecule is CCNC(=O)c1ccc(F)cc1Nc1ccc(I)cc1C.CNC(=O)c1ccc(F)cc1Nc1ccc(I)cc1C.Cc1cc(I)ccc1Nc1cc(F)ccc1C(=O)N(C)C.Cc1cc(I)ccc1Nc1cc(F)ccc1C(=O)Nc1nn[nH]n1.Cc1cc(I)ccc1Nc1cc(F)ccc1C(N)=O.